The van der Waals surface area contributed by atoms with Gasteiger partial charge in [-0.1, -0.05) is 18.2 Å². The highest BCUT2D eigenvalue weighted by Gasteiger charge is 2.42. The lowest BCUT2D eigenvalue weighted by Crippen LogP contribution is -2.44. The van der Waals surface area contributed by atoms with Crippen LogP contribution in [-0.2, 0) is 18.4 Å². The summed E-state index contributed by atoms with van der Waals surface area (Å²) in [6.07, 6.45) is 10.4. The molecule has 148 valence electrons. The van der Waals surface area contributed by atoms with E-state index in [2.05, 4.69) is 10.00 Å². The van der Waals surface area contributed by atoms with E-state index in [1.54, 1.807) is 23.0 Å². The molecule has 0 aliphatic carbocycles. The van der Waals surface area contributed by atoms with E-state index in [9.17, 15) is 9.18 Å². The molecule has 4 rings (SSSR count). The number of amides is 1. The predicted octanol–water partition coefficient (Wildman–Crippen LogP) is 3.09. The normalized spacial score (nSPS) is 23.1. The molecule has 1 unspecified atom stereocenters. The van der Waals surface area contributed by atoms with Gasteiger partial charge in [-0.25, -0.2) is 4.39 Å². The van der Waals surface area contributed by atoms with Crippen molar-refractivity contribution in [2.24, 2.45) is 12.5 Å². The van der Waals surface area contributed by atoms with Gasteiger partial charge in [-0.2, -0.15) is 5.10 Å². The van der Waals surface area contributed by atoms with E-state index in [1.807, 2.05) is 36.4 Å². The highest BCUT2D eigenvalue weighted by Crippen LogP contribution is 2.39. The Labute approximate surface area is 165 Å². The van der Waals surface area contributed by atoms with Crippen LogP contribution in [0.5, 0.6) is 0 Å². The lowest BCUT2D eigenvalue weighted by Gasteiger charge is -2.40. The molecule has 2 aromatic rings. The topological polar surface area (TPSA) is 41.4 Å². The number of benzene rings is 1. The Balaban J connectivity index is 1.37. The van der Waals surface area contributed by atoms with E-state index in [4.69, 9.17) is 0 Å². The zero-order valence-corrected chi connectivity index (χ0v) is 16.4. The van der Waals surface area contributed by atoms with Gasteiger partial charge < -0.3 is 4.90 Å². The second-order valence-corrected chi connectivity index (χ2v) is 8.20. The lowest BCUT2D eigenvalue weighted by molar-refractivity contribution is -0.125. The number of piperidine rings is 1. The number of carbonyl (C=O) groups excluding carboxylic acids is 1. The van der Waals surface area contributed by atoms with Crippen molar-refractivity contribution < 1.29 is 9.18 Å². The van der Waals surface area contributed by atoms with Crippen LogP contribution in [0.1, 0.15) is 30.4 Å². The van der Waals surface area contributed by atoms with Crippen LogP contribution >= 0.6 is 0 Å². The second-order valence-electron chi connectivity index (χ2n) is 8.20. The molecule has 2 aliphatic heterocycles. The average molecular weight is 382 g/mol. The standard InChI is InChI=1S/C22H27FN4O/c1-25-14-18(13-24-25)7-8-21(28)27-12-10-22(17-27)9-4-11-26(16-22)15-19-5-2-3-6-20(19)23/h2-3,5-8,13-14H,4,9-12,15-17H2,1H3/b8-7+. The van der Waals surface area contributed by atoms with Crippen LogP contribution in [0.25, 0.3) is 6.08 Å². The van der Waals surface area contributed by atoms with Crippen LogP contribution in [0.3, 0.4) is 0 Å². The zero-order chi connectivity index (χ0) is 19.6. The van der Waals surface area contributed by atoms with E-state index in [-0.39, 0.29) is 17.1 Å². The van der Waals surface area contributed by atoms with E-state index in [1.165, 1.54) is 6.07 Å². The van der Waals surface area contributed by atoms with Gasteiger partial charge in [-0.15, -0.1) is 0 Å². The van der Waals surface area contributed by atoms with Gasteiger partial charge in [0.2, 0.25) is 5.91 Å². The minimum Gasteiger partial charge on any atom is -0.339 e. The molecule has 3 heterocycles. The van der Waals surface area contributed by atoms with Crippen LogP contribution in [-0.4, -0.2) is 51.7 Å². The zero-order valence-electron chi connectivity index (χ0n) is 16.4. The molecular formula is C22H27FN4O. The van der Waals surface area contributed by atoms with Gasteiger partial charge in [0, 0.05) is 62.0 Å². The van der Waals surface area contributed by atoms with Gasteiger partial charge >= 0.3 is 0 Å². The molecule has 1 aromatic heterocycles. The fraction of sp³-hybridized carbons (Fsp3) is 0.455. The summed E-state index contributed by atoms with van der Waals surface area (Å²) in [5.74, 6) is -0.0714. The monoisotopic (exact) mass is 382 g/mol. The summed E-state index contributed by atoms with van der Waals surface area (Å²) in [5.41, 5.74) is 1.82. The molecule has 6 heteroatoms. The van der Waals surface area contributed by atoms with Crippen LogP contribution in [0, 0.1) is 11.2 Å². The summed E-state index contributed by atoms with van der Waals surface area (Å²) >= 11 is 0. The Morgan fingerprint density at radius 1 is 1.25 bits per heavy atom. The molecule has 1 aromatic carbocycles. The first-order valence-corrected chi connectivity index (χ1v) is 9.94. The first kappa shape index (κ1) is 18.9. The molecule has 2 fully saturated rings. The number of hydrogen-bond donors (Lipinski definition) is 0. The van der Waals surface area contributed by atoms with Crippen molar-refractivity contribution in [3.05, 3.63) is 59.7 Å². The summed E-state index contributed by atoms with van der Waals surface area (Å²) in [7, 11) is 1.86. The molecule has 1 atom stereocenters. The lowest BCUT2D eigenvalue weighted by atomic mass is 9.79. The Bertz CT molecular complexity index is 877. The number of likely N-dealkylation sites (tertiary alicyclic amines) is 2. The Morgan fingerprint density at radius 2 is 2.11 bits per heavy atom. The van der Waals surface area contributed by atoms with Gasteiger partial charge in [-0.05, 0) is 37.9 Å². The second kappa shape index (κ2) is 7.87. The average Bonchev–Trinajstić information content (AvgIpc) is 3.28. The number of aromatic nitrogens is 2. The van der Waals surface area contributed by atoms with Crippen molar-refractivity contribution >= 4 is 12.0 Å². The van der Waals surface area contributed by atoms with Crippen LogP contribution in [0.4, 0.5) is 4.39 Å². The van der Waals surface area contributed by atoms with Crippen LogP contribution in [0.2, 0.25) is 0 Å². The van der Waals surface area contributed by atoms with E-state index >= 15 is 0 Å². The first-order valence-electron chi connectivity index (χ1n) is 9.94. The summed E-state index contributed by atoms with van der Waals surface area (Å²) in [6.45, 7) is 4.15. The van der Waals surface area contributed by atoms with Crippen molar-refractivity contribution in [3.8, 4) is 0 Å². The Kier molecular flexibility index (Phi) is 5.31. The molecule has 5 nitrogen and oxygen atoms in total. The molecule has 2 saturated heterocycles. The molecule has 0 saturated carbocycles. The largest absolute Gasteiger partial charge is 0.339 e. The summed E-state index contributed by atoms with van der Waals surface area (Å²) in [6, 6.07) is 7.02. The number of hydrogen-bond acceptors (Lipinski definition) is 3. The first-order chi connectivity index (χ1) is 13.5. The maximum absolute atomic E-state index is 14.0. The third-order valence-corrected chi connectivity index (χ3v) is 5.99. The number of aryl methyl sites for hydroxylation is 1. The molecule has 0 N–H and O–H groups in total. The van der Waals surface area contributed by atoms with E-state index in [0.29, 0.717) is 6.54 Å². The van der Waals surface area contributed by atoms with Crippen LogP contribution < -0.4 is 0 Å². The summed E-state index contributed by atoms with van der Waals surface area (Å²) in [4.78, 5) is 16.9. The number of nitrogens with zero attached hydrogens (tertiary/aromatic N) is 4. The minimum atomic E-state index is -0.133. The molecular weight excluding hydrogens is 355 g/mol. The maximum Gasteiger partial charge on any atom is 0.246 e. The fourth-order valence-electron chi connectivity index (χ4n) is 4.57. The summed E-state index contributed by atoms with van der Waals surface area (Å²) in [5, 5.41) is 4.12. The van der Waals surface area contributed by atoms with Crippen molar-refractivity contribution in [2.75, 3.05) is 26.2 Å². The third-order valence-electron chi connectivity index (χ3n) is 5.99. The molecule has 28 heavy (non-hydrogen) atoms. The minimum absolute atomic E-state index is 0.0620. The Morgan fingerprint density at radius 3 is 2.89 bits per heavy atom. The number of halogens is 1. The van der Waals surface area contributed by atoms with Gasteiger partial charge in [0.25, 0.3) is 0 Å². The highest BCUT2D eigenvalue weighted by atomic mass is 19.1. The molecule has 0 bridgehead atoms. The van der Waals surface area contributed by atoms with Crippen LogP contribution in [0.15, 0.2) is 42.7 Å². The van der Waals surface area contributed by atoms with Gasteiger partial charge in [0.1, 0.15) is 5.82 Å². The van der Waals surface area contributed by atoms with Gasteiger partial charge in [-0.3, -0.25) is 14.4 Å². The van der Waals surface area contributed by atoms with Gasteiger partial charge in [0.05, 0.1) is 6.20 Å². The molecule has 0 radical (unpaired) electrons. The van der Waals surface area contributed by atoms with Gasteiger partial charge in [0.15, 0.2) is 0 Å². The quantitative estimate of drug-likeness (QED) is 0.763. The Hall–Kier alpha value is -2.47. The number of carbonyl (C=O) groups is 1. The van der Waals surface area contributed by atoms with Crippen molar-refractivity contribution in [2.45, 2.75) is 25.8 Å². The van der Waals surface area contributed by atoms with E-state index in [0.717, 1.165) is 56.6 Å². The molecule has 1 amide bonds. The maximum atomic E-state index is 14.0. The van der Waals surface area contributed by atoms with Crippen molar-refractivity contribution in [1.29, 1.82) is 0 Å². The smallest absolute Gasteiger partial charge is 0.246 e. The molecule has 2 aliphatic rings. The summed E-state index contributed by atoms with van der Waals surface area (Å²) < 4.78 is 15.7. The highest BCUT2D eigenvalue weighted by molar-refractivity contribution is 5.91. The molecule has 1 spiro atoms. The van der Waals surface area contributed by atoms with Crippen molar-refractivity contribution in [3.63, 3.8) is 0 Å². The number of rotatable bonds is 4. The SMILES string of the molecule is Cn1cc(/C=C/C(=O)N2CCC3(CCCN(Cc4ccccc4F)C3)C2)cn1. The third kappa shape index (κ3) is 4.17. The fourth-order valence-corrected chi connectivity index (χ4v) is 4.57. The van der Waals surface area contributed by atoms with Crippen molar-refractivity contribution in [1.82, 2.24) is 19.6 Å². The van der Waals surface area contributed by atoms with E-state index < -0.39 is 0 Å². The predicted molar refractivity (Wildman–Crippen MR) is 107 cm³/mol.